The molecule has 2 nitrogen and oxygen atoms in total. The molecule has 0 aliphatic carbocycles. The van der Waals surface area contributed by atoms with Crippen molar-refractivity contribution in [3.63, 3.8) is 0 Å². The fourth-order valence-corrected chi connectivity index (χ4v) is 3.26. The zero-order chi connectivity index (χ0) is 13.9. The van der Waals surface area contributed by atoms with Crippen molar-refractivity contribution in [2.75, 3.05) is 13.1 Å². The lowest BCUT2D eigenvalue weighted by Gasteiger charge is -2.41. The number of hydrogen-bond acceptors (Lipinski definition) is 2. The van der Waals surface area contributed by atoms with Gasteiger partial charge in [0.15, 0.2) is 0 Å². The van der Waals surface area contributed by atoms with Crippen molar-refractivity contribution in [3.05, 3.63) is 28.8 Å². The maximum Gasteiger partial charge on any atom is 0.120 e. The fourth-order valence-electron chi connectivity index (χ4n) is 3.06. The van der Waals surface area contributed by atoms with E-state index in [9.17, 15) is 5.11 Å². The number of benzene rings is 1. The van der Waals surface area contributed by atoms with Crippen LogP contribution in [0.4, 0.5) is 0 Å². The van der Waals surface area contributed by atoms with Crippen molar-refractivity contribution in [1.29, 1.82) is 0 Å². The van der Waals surface area contributed by atoms with Gasteiger partial charge in [0.25, 0.3) is 0 Å². The first kappa shape index (κ1) is 14.7. The smallest absolute Gasteiger partial charge is 0.120 e. The number of phenols is 1. The van der Waals surface area contributed by atoms with E-state index in [0.29, 0.717) is 16.2 Å². The van der Waals surface area contributed by atoms with Gasteiger partial charge in [-0.2, -0.15) is 0 Å². The quantitative estimate of drug-likeness (QED) is 0.881. The average Bonchev–Trinajstić information content (AvgIpc) is 2.44. The van der Waals surface area contributed by atoms with Gasteiger partial charge in [-0.1, -0.05) is 38.3 Å². The zero-order valence-electron chi connectivity index (χ0n) is 12.0. The number of hydrogen-bond donors (Lipinski definition) is 1. The second-order valence-electron chi connectivity index (χ2n) is 5.76. The lowest BCUT2D eigenvalue weighted by Crippen LogP contribution is -2.39. The molecular weight excluding hydrogens is 258 g/mol. The topological polar surface area (TPSA) is 23.5 Å². The summed E-state index contributed by atoms with van der Waals surface area (Å²) in [6.07, 6.45) is 5.09. The summed E-state index contributed by atoms with van der Waals surface area (Å²) in [6, 6.07) is 5.29. The Morgan fingerprint density at radius 1 is 1.21 bits per heavy atom. The molecule has 0 atom stereocenters. The van der Waals surface area contributed by atoms with E-state index in [1.807, 2.05) is 6.07 Å². The molecule has 1 N–H and O–H groups in total. The Morgan fingerprint density at radius 3 is 2.42 bits per heavy atom. The van der Waals surface area contributed by atoms with E-state index in [4.69, 9.17) is 11.6 Å². The molecule has 0 bridgehead atoms. The lowest BCUT2D eigenvalue weighted by atomic mass is 9.74. The van der Waals surface area contributed by atoms with Crippen molar-refractivity contribution < 1.29 is 5.11 Å². The first-order valence-corrected chi connectivity index (χ1v) is 7.66. The Kier molecular flexibility index (Phi) is 4.75. The van der Waals surface area contributed by atoms with E-state index in [-0.39, 0.29) is 0 Å². The molecule has 3 heteroatoms. The van der Waals surface area contributed by atoms with Crippen LogP contribution >= 0.6 is 11.6 Å². The summed E-state index contributed by atoms with van der Waals surface area (Å²) in [6.45, 7) is 7.65. The van der Waals surface area contributed by atoms with Crippen LogP contribution in [0.25, 0.3) is 0 Å². The van der Waals surface area contributed by atoms with E-state index in [1.54, 1.807) is 12.1 Å². The van der Waals surface area contributed by atoms with Gasteiger partial charge in [0, 0.05) is 17.1 Å². The largest absolute Gasteiger partial charge is 0.508 e. The van der Waals surface area contributed by atoms with Crippen LogP contribution in [-0.4, -0.2) is 23.1 Å². The van der Waals surface area contributed by atoms with Crippen LogP contribution in [0.15, 0.2) is 18.2 Å². The van der Waals surface area contributed by atoms with Gasteiger partial charge in [0.2, 0.25) is 0 Å². The van der Waals surface area contributed by atoms with E-state index >= 15 is 0 Å². The molecule has 1 fully saturated rings. The molecule has 19 heavy (non-hydrogen) atoms. The summed E-state index contributed by atoms with van der Waals surface area (Å²) < 4.78 is 0. The van der Waals surface area contributed by atoms with Gasteiger partial charge >= 0.3 is 0 Å². The minimum atomic E-state index is 0.354. The maximum absolute atomic E-state index is 9.88. The van der Waals surface area contributed by atoms with Gasteiger partial charge in [0.1, 0.15) is 5.75 Å². The monoisotopic (exact) mass is 281 g/mol. The molecule has 0 radical (unpaired) electrons. The molecule has 0 aromatic heterocycles. The molecule has 0 spiro atoms. The highest BCUT2D eigenvalue weighted by atomic mass is 35.5. The third kappa shape index (κ3) is 3.43. The number of nitrogens with zero attached hydrogens (tertiary/aromatic N) is 1. The van der Waals surface area contributed by atoms with Gasteiger partial charge in [-0.25, -0.2) is 0 Å². The highest BCUT2D eigenvalue weighted by Gasteiger charge is 2.31. The Hall–Kier alpha value is -0.730. The van der Waals surface area contributed by atoms with Gasteiger partial charge in [-0.3, -0.25) is 4.90 Å². The number of phenolic OH excluding ortho intramolecular Hbond substituents is 1. The van der Waals surface area contributed by atoms with E-state index in [0.717, 1.165) is 25.2 Å². The number of aromatic hydroxyl groups is 1. The van der Waals surface area contributed by atoms with Crippen LogP contribution in [0.2, 0.25) is 5.02 Å². The highest BCUT2D eigenvalue weighted by molar-refractivity contribution is 6.30. The second kappa shape index (κ2) is 6.15. The second-order valence-corrected chi connectivity index (χ2v) is 6.19. The lowest BCUT2D eigenvalue weighted by molar-refractivity contribution is 0.0904. The molecule has 1 aromatic carbocycles. The molecule has 0 amide bonds. The first-order chi connectivity index (χ1) is 9.08. The summed E-state index contributed by atoms with van der Waals surface area (Å²) in [5, 5.41) is 10.6. The SMILES string of the molecule is CCC1(CC)CCN(Cc2cc(Cl)ccc2O)CC1. The highest BCUT2D eigenvalue weighted by Crippen LogP contribution is 2.38. The summed E-state index contributed by atoms with van der Waals surface area (Å²) in [5.74, 6) is 0.354. The number of piperidine rings is 1. The first-order valence-electron chi connectivity index (χ1n) is 7.28. The summed E-state index contributed by atoms with van der Waals surface area (Å²) in [5.41, 5.74) is 1.49. The number of rotatable bonds is 4. The summed E-state index contributed by atoms with van der Waals surface area (Å²) in [7, 11) is 0. The zero-order valence-corrected chi connectivity index (χ0v) is 12.7. The maximum atomic E-state index is 9.88. The van der Waals surface area contributed by atoms with Gasteiger partial charge < -0.3 is 5.11 Å². The molecule has 106 valence electrons. The van der Waals surface area contributed by atoms with Crippen molar-refractivity contribution >= 4 is 11.6 Å². The van der Waals surface area contributed by atoms with E-state index < -0.39 is 0 Å². The Bertz CT molecular complexity index is 419. The molecule has 2 rings (SSSR count). The van der Waals surface area contributed by atoms with Crippen LogP contribution in [0.1, 0.15) is 45.1 Å². The standard InChI is InChI=1S/C16H24ClNO/c1-3-16(4-2)7-9-18(10-8-16)12-13-11-14(17)5-6-15(13)19/h5-6,11,19H,3-4,7-10,12H2,1-2H3. The Balaban J connectivity index is 1.97. The molecule has 1 aromatic rings. The van der Waals surface area contributed by atoms with Crippen LogP contribution < -0.4 is 0 Å². The molecule has 0 unspecified atom stereocenters. The molecule has 0 saturated carbocycles. The molecule has 1 heterocycles. The van der Waals surface area contributed by atoms with E-state index in [1.165, 1.54) is 25.7 Å². The number of halogens is 1. The van der Waals surface area contributed by atoms with Gasteiger partial charge in [-0.15, -0.1) is 0 Å². The van der Waals surface area contributed by atoms with Crippen LogP contribution in [0.3, 0.4) is 0 Å². The summed E-state index contributed by atoms with van der Waals surface area (Å²) in [4.78, 5) is 2.43. The van der Waals surface area contributed by atoms with Crippen LogP contribution in [0, 0.1) is 5.41 Å². The van der Waals surface area contributed by atoms with Crippen LogP contribution in [0.5, 0.6) is 5.75 Å². The Morgan fingerprint density at radius 2 is 1.84 bits per heavy atom. The van der Waals surface area contributed by atoms with Crippen molar-refractivity contribution in [3.8, 4) is 5.75 Å². The number of likely N-dealkylation sites (tertiary alicyclic amines) is 1. The van der Waals surface area contributed by atoms with E-state index in [2.05, 4.69) is 18.7 Å². The normalized spacial score (nSPS) is 19.5. The predicted molar refractivity (Wildman–Crippen MR) is 80.6 cm³/mol. The van der Waals surface area contributed by atoms with Gasteiger partial charge in [-0.05, 0) is 49.5 Å². The van der Waals surface area contributed by atoms with Gasteiger partial charge in [0.05, 0.1) is 0 Å². The summed E-state index contributed by atoms with van der Waals surface area (Å²) >= 11 is 6.00. The van der Waals surface area contributed by atoms with Crippen molar-refractivity contribution in [1.82, 2.24) is 4.90 Å². The minimum Gasteiger partial charge on any atom is -0.508 e. The minimum absolute atomic E-state index is 0.354. The fraction of sp³-hybridized carbons (Fsp3) is 0.625. The third-order valence-electron chi connectivity index (χ3n) is 4.85. The van der Waals surface area contributed by atoms with Crippen molar-refractivity contribution in [2.24, 2.45) is 5.41 Å². The average molecular weight is 282 g/mol. The molecule has 1 aliphatic heterocycles. The van der Waals surface area contributed by atoms with Crippen LogP contribution in [-0.2, 0) is 6.54 Å². The Labute approximate surface area is 121 Å². The van der Waals surface area contributed by atoms with Crippen molar-refractivity contribution in [2.45, 2.75) is 46.1 Å². The molecular formula is C16H24ClNO. The third-order valence-corrected chi connectivity index (χ3v) is 5.09. The predicted octanol–water partition coefficient (Wildman–Crippen LogP) is 4.45. The molecule has 1 aliphatic rings. The molecule has 1 saturated heterocycles.